The fourth-order valence-electron chi connectivity index (χ4n) is 2.43. The van der Waals surface area contributed by atoms with Gasteiger partial charge in [0.05, 0.1) is 12.1 Å². The highest BCUT2D eigenvalue weighted by Gasteiger charge is 2.20. The van der Waals surface area contributed by atoms with E-state index < -0.39 is 6.04 Å². The monoisotopic (exact) mass is 274 g/mol. The lowest BCUT2D eigenvalue weighted by atomic mass is 10.1. The molecule has 0 aliphatic carbocycles. The Morgan fingerprint density at radius 1 is 1.40 bits per heavy atom. The minimum Gasteiger partial charge on any atom is -0.459 e. The summed E-state index contributed by atoms with van der Waals surface area (Å²) < 4.78 is 5.85. The molecule has 0 bridgehead atoms. The Balaban J connectivity index is 2.17. The van der Waals surface area contributed by atoms with Gasteiger partial charge < -0.3 is 15.5 Å². The summed E-state index contributed by atoms with van der Waals surface area (Å²) in [7, 11) is 0. The molecule has 0 spiro atoms. The minimum absolute atomic E-state index is 0.126. The lowest BCUT2D eigenvalue weighted by Gasteiger charge is -2.16. The number of fused-ring (bicyclic) bond motifs is 1. The van der Waals surface area contributed by atoms with E-state index in [0.717, 1.165) is 28.7 Å². The van der Waals surface area contributed by atoms with Crippen molar-refractivity contribution in [3.63, 3.8) is 0 Å². The number of amides is 1. The number of para-hydroxylation sites is 1. The highest BCUT2D eigenvalue weighted by molar-refractivity contribution is 5.84. The Kier molecular flexibility index (Phi) is 4.45. The molecule has 0 fully saturated rings. The van der Waals surface area contributed by atoms with Gasteiger partial charge >= 0.3 is 0 Å². The number of carbonyl (C=O) groups excluding carboxylic acids is 1. The summed E-state index contributed by atoms with van der Waals surface area (Å²) in [5, 5.41) is 4.01. The van der Waals surface area contributed by atoms with E-state index >= 15 is 0 Å². The van der Waals surface area contributed by atoms with Crippen LogP contribution in [0.3, 0.4) is 0 Å². The number of carbonyl (C=O) groups is 1. The second-order valence-electron chi connectivity index (χ2n) is 5.21. The number of furan rings is 1. The average Bonchev–Trinajstić information content (AvgIpc) is 2.77. The van der Waals surface area contributed by atoms with Crippen molar-refractivity contribution >= 4 is 16.9 Å². The van der Waals surface area contributed by atoms with Crippen molar-refractivity contribution in [2.75, 3.05) is 0 Å². The molecular formula is C16H22N2O2. The Labute approximate surface area is 119 Å². The third-order valence-corrected chi connectivity index (χ3v) is 3.57. The number of hydrogen-bond donors (Lipinski definition) is 2. The summed E-state index contributed by atoms with van der Waals surface area (Å²) >= 11 is 0. The second kappa shape index (κ2) is 6.09. The zero-order valence-corrected chi connectivity index (χ0v) is 12.3. The minimum atomic E-state index is -0.452. The molecule has 2 atom stereocenters. The van der Waals surface area contributed by atoms with Crippen molar-refractivity contribution in [3.8, 4) is 0 Å². The van der Waals surface area contributed by atoms with Gasteiger partial charge in [0.1, 0.15) is 11.3 Å². The maximum atomic E-state index is 12.0. The standard InChI is InChI=1S/C16H22N2O2/c1-4-7-13(17)16(19)18-11(3)15-10(2)12-8-5-6-9-14(12)20-15/h5-6,8-9,11,13H,4,7,17H2,1-3H3,(H,18,19). The second-order valence-corrected chi connectivity index (χ2v) is 5.21. The van der Waals surface area contributed by atoms with Gasteiger partial charge in [-0.1, -0.05) is 31.5 Å². The molecule has 108 valence electrons. The average molecular weight is 274 g/mol. The van der Waals surface area contributed by atoms with Crippen LogP contribution in [0.1, 0.15) is 44.1 Å². The third kappa shape index (κ3) is 2.85. The number of nitrogens with one attached hydrogen (secondary N) is 1. The Hall–Kier alpha value is -1.81. The number of nitrogens with two attached hydrogens (primary N) is 1. The van der Waals surface area contributed by atoms with Crippen molar-refractivity contribution in [2.24, 2.45) is 5.73 Å². The molecule has 4 nitrogen and oxygen atoms in total. The first-order chi connectivity index (χ1) is 9.54. The predicted molar refractivity (Wildman–Crippen MR) is 80.4 cm³/mol. The molecule has 2 unspecified atom stereocenters. The molecule has 0 radical (unpaired) electrons. The van der Waals surface area contributed by atoms with Gasteiger partial charge in [0.2, 0.25) is 5.91 Å². The van der Waals surface area contributed by atoms with E-state index in [1.807, 2.05) is 45.0 Å². The normalized spacial score (nSPS) is 14.2. The molecule has 1 heterocycles. The van der Waals surface area contributed by atoms with E-state index in [0.29, 0.717) is 6.42 Å². The first-order valence-corrected chi connectivity index (χ1v) is 7.08. The molecule has 4 heteroatoms. The molecule has 1 amide bonds. The number of aryl methyl sites for hydroxylation is 1. The van der Waals surface area contributed by atoms with Crippen molar-refractivity contribution in [2.45, 2.75) is 45.7 Å². The number of hydrogen-bond acceptors (Lipinski definition) is 3. The van der Waals surface area contributed by atoms with Gasteiger partial charge in [0.25, 0.3) is 0 Å². The van der Waals surface area contributed by atoms with Crippen LogP contribution in [0.25, 0.3) is 11.0 Å². The van der Waals surface area contributed by atoms with Crippen molar-refractivity contribution < 1.29 is 9.21 Å². The Bertz CT molecular complexity index is 604. The summed E-state index contributed by atoms with van der Waals surface area (Å²) in [5.74, 6) is 0.669. The molecule has 0 aliphatic rings. The first-order valence-electron chi connectivity index (χ1n) is 7.08. The molecule has 0 saturated carbocycles. The molecule has 3 N–H and O–H groups in total. The largest absolute Gasteiger partial charge is 0.459 e. The molecule has 0 saturated heterocycles. The van der Waals surface area contributed by atoms with E-state index in [2.05, 4.69) is 5.32 Å². The topological polar surface area (TPSA) is 68.3 Å². The Morgan fingerprint density at radius 3 is 2.75 bits per heavy atom. The summed E-state index contributed by atoms with van der Waals surface area (Å²) in [5.41, 5.74) is 7.74. The highest BCUT2D eigenvalue weighted by Crippen LogP contribution is 2.29. The van der Waals surface area contributed by atoms with Crippen LogP contribution in [0.15, 0.2) is 28.7 Å². The fraction of sp³-hybridized carbons (Fsp3) is 0.438. The van der Waals surface area contributed by atoms with Crippen molar-refractivity contribution in [3.05, 3.63) is 35.6 Å². The van der Waals surface area contributed by atoms with Gasteiger partial charge in [0.15, 0.2) is 0 Å². The Morgan fingerprint density at radius 2 is 2.10 bits per heavy atom. The van der Waals surface area contributed by atoms with Crippen LogP contribution >= 0.6 is 0 Å². The quantitative estimate of drug-likeness (QED) is 0.880. The maximum absolute atomic E-state index is 12.0. The van der Waals surface area contributed by atoms with Crippen molar-refractivity contribution in [1.82, 2.24) is 5.32 Å². The zero-order valence-electron chi connectivity index (χ0n) is 12.3. The lowest BCUT2D eigenvalue weighted by Crippen LogP contribution is -2.41. The van der Waals surface area contributed by atoms with E-state index in [1.54, 1.807) is 0 Å². The van der Waals surface area contributed by atoms with E-state index in [9.17, 15) is 4.79 Å². The number of benzene rings is 1. The summed E-state index contributed by atoms with van der Waals surface area (Å²) in [4.78, 5) is 12.0. The first kappa shape index (κ1) is 14.6. The van der Waals surface area contributed by atoms with Crippen LogP contribution < -0.4 is 11.1 Å². The van der Waals surface area contributed by atoms with Crippen LogP contribution in [0.5, 0.6) is 0 Å². The van der Waals surface area contributed by atoms with Crippen molar-refractivity contribution in [1.29, 1.82) is 0 Å². The molecule has 2 aromatic rings. The summed E-state index contributed by atoms with van der Waals surface area (Å²) in [6, 6.07) is 7.24. The third-order valence-electron chi connectivity index (χ3n) is 3.57. The van der Waals surface area contributed by atoms with Gasteiger partial charge in [-0.25, -0.2) is 0 Å². The van der Waals surface area contributed by atoms with Crippen LogP contribution in [-0.4, -0.2) is 11.9 Å². The van der Waals surface area contributed by atoms with Crippen LogP contribution in [0, 0.1) is 6.92 Å². The van der Waals surface area contributed by atoms with Gasteiger partial charge in [-0.15, -0.1) is 0 Å². The summed E-state index contributed by atoms with van der Waals surface area (Å²) in [6.45, 7) is 5.94. The fourth-order valence-corrected chi connectivity index (χ4v) is 2.43. The number of rotatable bonds is 5. The van der Waals surface area contributed by atoms with Crippen LogP contribution in [-0.2, 0) is 4.79 Å². The van der Waals surface area contributed by atoms with Crippen LogP contribution in [0.2, 0.25) is 0 Å². The molecule has 1 aromatic carbocycles. The van der Waals surface area contributed by atoms with Gasteiger partial charge in [0, 0.05) is 10.9 Å². The molecular weight excluding hydrogens is 252 g/mol. The van der Waals surface area contributed by atoms with E-state index in [4.69, 9.17) is 10.2 Å². The van der Waals surface area contributed by atoms with Gasteiger partial charge in [-0.3, -0.25) is 4.79 Å². The van der Waals surface area contributed by atoms with E-state index in [-0.39, 0.29) is 11.9 Å². The SMILES string of the molecule is CCCC(N)C(=O)NC(C)c1oc2ccccc2c1C. The molecule has 2 rings (SSSR count). The van der Waals surface area contributed by atoms with Gasteiger partial charge in [-0.2, -0.15) is 0 Å². The van der Waals surface area contributed by atoms with E-state index in [1.165, 1.54) is 0 Å². The summed E-state index contributed by atoms with van der Waals surface area (Å²) in [6.07, 6.45) is 1.59. The highest BCUT2D eigenvalue weighted by atomic mass is 16.3. The molecule has 0 aliphatic heterocycles. The predicted octanol–water partition coefficient (Wildman–Crippen LogP) is 3.05. The maximum Gasteiger partial charge on any atom is 0.237 e. The van der Waals surface area contributed by atoms with Gasteiger partial charge in [-0.05, 0) is 26.3 Å². The lowest BCUT2D eigenvalue weighted by molar-refractivity contribution is -0.123. The smallest absolute Gasteiger partial charge is 0.237 e. The molecule has 1 aromatic heterocycles. The zero-order chi connectivity index (χ0) is 14.7. The molecule has 20 heavy (non-hydrogen) atoms. The van der Waals surface area contributed by atoms with Crippen LogP contribution in [0.4, 0.5) is 0 Å².